The molecule has 156 valence electrons. The van der Waals surface area contributed by atoms with E-state index in [1.165, 1.54) is 6.07 Å². The third kappa shape index (κ3) is 3.80. The minimum Gasteiger partial charge on any atom is -0.364 e. The molecule has 4 rings (SSSR count). The number of amides is 1. The summed E-state index contributed by atoms with van der Waals surface area (Å²) in [6.45, 7) is 4.33. The van der Waals surface area contributed by atoms with Crippen LogP contribution in [0.15, 0.2) is 30.5 Å². The van der Waals surface area contributed by atoms with Gasteiger partial charge in [-0.25, -0.2) is 14.1 Å². The molecule has 3 aromatic rings. The molecule has 0 aliphatic carbocycles. The fourth-order valence-corrected chi connectivity index (χ4v) is 3.51. The maximum absolute atomic E-state index is 14.1. The van der Waals surface area contributed by atoms with E-state index in [1.807, 2.05) is 31.9 Å². The van der Waals surface area contributed by atoms with Crippen LogP contribution in [0.25, 0.3) is 0 Å². The summed E-state index contributed by atoms with van der Waals surface area (Å²) in [7, 11) is 1.88. The third-order valence-electron chi connectivity index (χ3n) is 5.17. The number of rotatable bonds is 5. The summed E-state index contributed by atoms with van der Waals surface area (Å²) in [4.78, 5) is 18.5. The van der Waals surface area contributed by atoms with Gasteiger partial charge in [0.05, 0.1) is 41.4 Å². The molecule has 8 nitrogen and oxygen atoms in total. The summed E-state index contributed by atoms with van der Waals surface area (Å²) in [6.07, 6.45) is 1.74. The normalized spacial score (nSPS) is 15.7. The van der Waals surface area contributed by atoms with Crippen LogP contribution in [0.3, 0.4) is 0 Å². The molecule has 10 heteroatoms. The Morgan fingerprint density at radius 3 is 2.97 bits per heavy atom. The summed E-state index contributed by atoms with van der Waals surface area (Å²) < 4.78 is 15.6. The van der Waals surface area contributed by atoms with Crippen LogP contribution in [-0.4, -0.2) is 39.0 Å². The van der Waals surface area contributed by atoms with Gasteiger partial charge in [-0.15, -0.1) is 5.10 Å². The van der Waals surface area contributed by atoms with Crippen molar-refractivity contribution in [1.29, 1.82) is 0 Å². The zero-order valence-electron chi connectivity index (χ0n) is 16.8. The Morgan fingerprint density at radius 2 is 2.17 bits per heavy atom. The molecule has 1 aliphatic rings. The number of likely N-dealkylation sites (N-methyl/N-ethyl adjacent to an activating group) is 1. The Morgan fingerprint density at radius 1 is 1.37 bits per heavy atom. The van der Waals surface area contributed by atoms with E-state index in [2.05, 4.69) is 25.9 Å². The molecule has 0 radical (unpaired) electrons. The lowest BCUT2D eigenvalue weighted by Crippen LogP contribution is -2.44. The van der Waals surface area contributed by atoms with Crippen molar-refractivity contribution in [2.75, 3.05) is 22.6 Å². The minimum atomic E-state index is -0.450. The van der Waals surface area contributed by atoms with Gasteiger partial charge in [0.25, 0.3) is 0 Å². The average Bonchev–Trinajstić information content (AvgIpc) is 3.16. The summed E-state index contributed by atoms with van der Waals surface area (Å²) in [5, 5.41) is 14.4. The van der Waals surface area contributed by atoms with Gasteiger partial charge >= 0.3 is 0 Å². The zero-order chi connectivity index (χ0) is 21.4. The quantitative estimate of drug-likeness (QED) is 0.647. The van der Waals surface area contributed by atoms with E-state index in [1.54, 1.807) is 23.0 Å². The second kappa shape index (κ2) is 7.91. The number of nitrogens with zero attached hydrogens (tertiary/aromatic N) is 5. The first-order chi connectivity index (χ1) is 14.3. The smallest absolute Gasteiger partial charge is 0.246 e. The maximum atomic E-state index is 14.1. The van der Waals surface area contributed by atoms with E-state index < -0.39 is 5.82 Å². The van der Waals surface area contributed by atoms with Crippen molar-refractivity contribution in [3.8, 4) is 0 Å². The number of nitrogens with one attached hydrogen (secondary N) is 2. The second-order valence-electron chi connectivity index (χ2n) is 7.24. The zero-order valence-corrected chi connectivity index (χ0v) is 17.5. The largest absolute Gasteiger partial charge is 0.364 e. The molecule has 0 saturated carbocycles. The van der Waals surface area contributed by atoms with Crippen LogP contribution >= 0.6 is 11.6 Å². The summed E-state index contributed by atoms with van der Waals surface area (Å²) in [5.74, 6) is 0.161. The predicted octanol–water partition coefficient (Wildman–Crippen LogP) is 3.21. The molecule has 3 heterocycles. The Kier molecular flexibility index (Phi) is 5.29. The highest BCUT2D eigenvalue weighted by atomic mass is 35.5. The number of aromatic nitrogens is 4. The molecular formula is C20H21ClFN7O. The van der Waals surface area contributed by atoms with E-state index in [0.29, 0.717) is 23.6 Å². The summed E-state index contributed by atoms with van der Waals surface area (Å²) in [6, 6.07) is 6.50. The van der Waals surface area contributed by atoms with Crippen LogP contribution in [-0.2, 0) is 17.9 Å². The second-order valence-corrected chi connectivity index (χ2v) is 7.64. The SMILES string of the molecule is Cc1nc(NCc2cn(Cc3cccc(Cl)c3F)nn2)cc2c1NC(=O)[C@H](C)N2C. The average molecular weight is 430 g/mol. The van der Waals surface area contributed by atoms with Gasteiger partial charge in [-0.3, -0.25) is 4.79 Å². The van der Waals surface area contributed by atoms with Gasteiger partial charge in [-0.2, -0.15) is 0 Å². The number of anilines is 3. The van der Waals surface area contributed by atoms with Crippen molar-refractivity contribution < 1.29 is 9.18 Å². The first-order valence-electron chi connectivity index (χ1n) is 9.44. The number of carbonyl (C=O) groups is 1. The van der Waals surface area contributed by atoms with Crippen LogP contribution in [0, 0.1) is 12.7 Å². The van der Waals surface area contributed by atoms with Crippen LogP contribution in [0.2, 0.25) is 5.02 Å². The highest BCUT2D eigenvalue weighted by Crippen LogP contribution is 2.34. The highest BCUT2D eigenvalue weighted by molar-refractivity contribution is 6.30. The van der Waals surface area contributed by atoms with Crippen LogP contribution < -0.4 is 15.5 Å². The standard InChI is InChI=1S/C20H21ClFN7O/c1-11-19-16(28(3)12(2)20(30)25-19)7-17(24-11)23-8-14-10-29(27-26-14)9-13-5-4-6-15(21)18(13)22/h4-7,10,12H,8-9H2,1-3H3,(H,23,24)(H,25,30)/t12-/m0/s1. The van der Waals surface area contributed by atoms with Gasteiger partial charge in [0.2, 0.25) is 5.91 Å². The Hall–Kier alpha value is -3.20. The molecule has 1 aliphatic heterocycles. The minimum absolute atomic E-state index is 0.0524. The van der Waals surface area contributed by atoms with Gasteiger partial charge < -0.3 is 15.5 Å². The van der Waals surface area contributed by atoms with Crippen LogP contribution in [0.5, 0.6) is 0 Å². The van der Waals surface area contributed by atoms with Crippen LogP contribution in [0.4, 0.5) is 21.6 Å². The predicted molar refractivity (Wildman–Crippen MR) is 113 cm³/mol. The molecule has 2 N–H and O–H groups in total. The molecule has 2 aromatic heterocycles. The van der Waals surface area contributed by atoms with Crippen molar-refractivity contribution in [3.63, 3.8) is 0 Å². The number of benzene rings is 1. The first-order valence-corrected chi connectivity index (χ1v) is 9.82. The first kappa shape index (κ1) is 20.1. The Balaban J connectivity index is 1.47. The number of pyridine rings is 1. The van der Waals surface area contributed by atoms with E-state index in [0.717, 1.165) is 17.1 Å². The Labute approximate surface area is 178 Å². The van der Waals surface area contributed by atoms with Crippen molar-refractivity contribution in [3.05, 3.63) is 58.3 Å². The van der Waals surface area contributed by atoms with Crippen molar-refractivity contribution in [2.24, 2.45) is 0 Å². The molecule has 1 aromatic carbocycles. The van der Waals surface area contributed by atoms with Crippen molar-refractivity contribution >= 4 is 34.7 Å². The molecular weight excluding hydrogens is 409 g/mol. The molecule has 0 spiro atoms. The monoisotopic (exact) mass is 429 g/mol. The lowest BCUT2D eigenvalue weighted by atomic mass is 10.1. The topological polar surface area (TPSA) is 88.0 Å². The van der Waals surface area contributed by atoms with Crippen LogP contribution in [0.1, 0.15) is 23.9 Å². The van der Waals surface area contributed by atoms with E-state index in [9.17, 15) is 9.18 Å². The van der Waals surface area contributed by atoms with E-state index in [-0.39, 0.29) is 23.5 Å². The van der Waals surface area contributed by atoms with E-state index >= 15 is 0 Å². The number of aryl methyl sites for hydroxylation is 1. The number of carbonyl (C=O) groups excluding carboxylic acids is 1. The molecule has 30 heavy (non-hydrogen) atoms. The Bertz CT molecular complexity index is 1120. The van der Waals surface area contributed by atoms with Gasteiger partial charge in [-0.1, -0.05) is 28.9 Å². The van der Waals surface area contributed by atoms with Crippen molar-refractivity contribution in [1.82, 2.24) is 20.0 Å². The number of hydrogen-bond donors (Lipinski definition) is 2. The molecule has 0 bridgehead atoms. The third-order valence-corrected chi connectivity index (χ3v) is 5.46. The van der Waals surface area contributed by atoms with Gasteiger partial charge in [0, 0.05) is 18.7 Å². The molecule has 0 fully saturated rings. The lowest BCUT2D eigenvalue weighted by molar-refractivity contribution is -0.117. The molecule has 0 saturated heterocycles. The van der Waals surface area contributed by atoms with Crippen molar-refractivity contribution in [2.45, 2.75) is 33.0 Å². The fraction of sp³-hybridized carbons (Fsp3) is 0.300. The molecule has 0 unspecified atom stereocenters. The van der Waals surface area contributed by atoms with Gasteiger partial charge in [-0.05, 0) is 19.9 Å². The van der Waals surface area contributed by atoms with E-state index in [4.69, 9.17) is 11.6 Å². The summed E-state index contributed by atoms with van der Waals surface area (Å²) >= 11 is 5.83. The summed E-state index contributed by atoms with van der Waals surface area (Å²) in [5.41, 5.74) is 3.47. The number of halogens is 2. The lowest BCUT2D eigenvalue weighted by Gasteiger charge is -2.34. The van der Waals surface area contributed by atoms with Gasteiger partial charge in [0.1, 0.15) is 23.4 Å². The number of hydrogen-bond acceptors (Lipinski definition) is 6. The molecule has 1 atom stereocenters. The fourth-order valence-electron chi connectivity index (χ4n) is 3.31. The number of fused-ring (bicyclic) bond motifs is 1. The highest BCUT2D eigenvalue weighted by Gasteiger charge is 2.28. The molecule has 1 amide bonds. The maximum Gasteiger partial charge on any atom is 0.246 e. The van der Waals surface area contributed by atoms with Gasteiger partial charge in [0.15, 0.2) is 0 Å².